The SMILES string of the molecule is CC1NCC2CC=CCC21. The van der Waals surface area contributed by atoms with Crippen molar-refractivity contribution in [1.82, 2.24) is 5.32 Å². The molecular weight excluding hydrogens is 122 g/mol. The van der Waals surface area contributed by atoms with Gasteiger partial charge in [-0.2, -0.15) is 0 Å². The van der Waals surface area contributed by atoms with Gasteiger partial charge in [0, 0.05) is 6.04 Å². The monoisotopic (exact) mass is 137 g/mol. The van der Waals surface area contributed by atoms with Crippen molar-refractivity contribution in [2.45, 2.75) is 25.8 Å². The van der Waals surface area contributed by atoms with Crippen molar-refractivity contribution < 1.29 is 0 Å². The fourth-order valence-electron chi connectivity index (χ4n) is 2.23. The third-order valence-corrected chi connectivity index (χ3v) is 2.96. The number of fused-ring (bicyclic) bond motifs is 1. The summed E-state index contributed by atoms with van der Waals surface area (Å²) in [5.41, 5.74) is 0. The van der Waals surface area contributed by atoms with E-state index in [0.717, 1.165) is 17.9 Å². The maximum Gasteiger partial charge on any atom is 0.00733 e. The van der Waals surface area contributed by atoms with Gasteiger partial charge in [0.25, 0.3) is 0 Å². The molecule has 3 atom stereocenters. The van der Waals surface area contributed by atoms with Gasteiger partial charge in [0.1, 0.15) is 0 Å². The quantitative estimate of drug-likeness (QED) is 0.500. The lowest BCUT2D eigenvalue weighted by Crippen LogP contribution is -2.23. The Morgan fingerprint density at radius 3 is 2.90 bits per heavy atom. The minimum Gasteiger partial charge on any atom is -0.314 e. The second-order valence-corrected chi connectivity index (χ2v) is 3.56. The van der Waals surface area contributed by atoms with E-state index in [4.69, 9.17) is 0 Å². The van der Waals surface area contributed by atoms with Gasteiger partial charge in [-0.1, -0.05) is 12.2 Å². The lowest BCUT2D eigenvalue weighted by molar-refractivity contribution is 0.367. The van der Waals surface area contributed by atoms with Crippen LogP contribution in [0.2, 0.25) is 0 Å². The van der Waals surface area contributed by atoms with Crippen LogP contribution in [-0.4, -0.2) is 12.6 Å². The Labute approximate surface area is 62.5 Å². The lowest BCUT2D eigenvalue weighted by atomic mass is 9.83. The van der Waals surface area contributed by atoms with Crippen LogP contribution >= 0.6 is 0 Å². The highest BCUT2D eigenvalue weighted by atomic mass is 15.0. The average Bonchev–Trinajstić information content (AvgIpc) is 2.34. The maximum atomic E-state index is 3.52. The van der Waals surface area contributed by atoms with Crippen LogP contribution in [-0.2, 0) is 0 Å². The van der Waals surface area contributed by atoms with Crippen LogP contribution in [0.4, 0.5) is 0 Å². The predicted molar refractivity (Wildman–Crippen MR) is 42.8 cm³/mol. The summed E-state index contributed by atoms with van der Waals surface area (Å²) in [5.74, 6) is 1.88. The van der Waals surface area contributed by atoms with Gasteiger partial charge in [-0.25, -0.2) is 0 Å². The number of nitrogens with one attached hydrogen (secondary N) is 1. The molecule has 10 heavy (non-hydrogen) atoms. The smallest absolute Gasteiger partial charge is 0.00733 e. The van der Waals surface area contributed by atoms with E-state index in [1.807, 2.05) is 0 Å². The molecular formula is C9H15N. The molecule has 0 aromatic heterocycles. The summed E-state index contributed by atoms with van der Waals surface area (Å²) in [6, 6.07) is 0.759. The first-order chi connectivity index (χ1) is 4.88. The van der Waals surface area contributed by atoms with Crippen molar-refractivity contribution in [1.29, 1.82) is 0 Å². The molecule has 3 unspecified atom stereocenters. The van der Waals surface area contributed by atoms with Gasteiger partial charge in [0.2, 0.25) is 0 Å². The molecule has 0 aromatic rings. The molecule has 0 spiro atoms. The van der Waals surface area contributed by atoms with Crippen molar-refractivity contribution in [2.75, 3.05) is 6.54 Å². The molecule has 1 heterocycles. The summed E-state index contributed by atoms with van der Waals surface area (Å²) in [6.45, 7) is 3.56. The van der Waals surface area contributed by atoms with Crippen LogP contribution < -0.4 is 5.32 Å². The van der Waals surface area contributed by atoms with Crippen LogP contribution in [0.5, 0.6) is 0 Å². The van der Waals surface area contributed by atoms with Gasteiger partial charge in [-0.05, 0) is 38.1 Å². The minimum absolute atomic E-state index is 0.759. The first-order valence-corrected chi connectivity index (χ1v) is 4.26. The molecule has 1 heteroatoms. The third kappa shape index (κ3) is 0.891. The topological polar surface area (TPSA) is 12.0 Å². The van der Waals surface area contributed by atoms with E-state index in [-0.39, 0.29) is 0 Å². The van der Waals surface area contributed by atoms with Crippen molar-refractivity contribution in [3.8, 4) is 0 Å². The van der Waals surface area contributed by atoms with E-state index in [9.17, 15) is 0 Å². The fourth-order valence-corrected chi connectivity index (χ4v) is 2.23. The molecule has 56 valence electrons. The van der Waals surface area contributed by atoms with Crippen LogP contribution in [0.25, 0.3) is 0 Å². The van der Waals surface area contributed by atoms with Crippen LogP contribution in [0.15, 0.2) is 12.2 Å². The Morgan fingerprint density at radius 1 is 1.30 bits per heavy atom. The van der Waals surface area contributed by atoms with Crippen molar-refractivity contribution in [2.24, 2.45) is 11.8 Å². The standard InChI is InChI=1S/C9H15N/c1-7-9-5-3-2-4-8(9)6-10-7/h2-3,7-10H,4-6H2,1H3. The molecule has 1 saturated heterocycles. The Bertz CT molecular complexity index is 151. The first kappa shape index (κ1) is 6.41. The van der Waals surface area contributed by atoms with E-state index in [2.05, 4.69) is 24.4 Å². The molecule has 0 bridgehead atoms. The van der Waals surface area contributed by atoms with Gasteiger partial charge in [0.05, 0.1) is 0 Å². The summed E-state index contributed by atoms with van der Waals surface area (Å²) in [6.07, 6.45) is 7.28. The normalized spacial score (nSPS) is 45.5. The van der Waals surface area contributed by atoms with Gasteiger partial charge in [-0.15, -0.1) is 0 Å². The van der Waals surface area contributed by atoms with E-state index >= 15 is 0 Å². The van der Waals surface area contributed by atoms with E-state index in [1.165, 1.54) is 19.4 Å². The Hall–Kier alpha value is -0.300. The van der Waals surface area contributed by atoms with E-state index < -0.39 is 0 Å². The lowest BCUT2D eigenvalue weighted by Gasteiger charge is -2.22. The van der Waals surface area contributed by atoms with Gasteiger partial charge in [-0.3, -0.25) is 0 Å². The molecule has 1 aliphatic heterocycles. The third-order valence-electron chi connectivity index (χ3n) is 2.96. The molecule has 1 nitrogen and oxygen atoms in total. The zero-order chi connectivity index (χ0) is 6.97. The van der Waals surface area contributed by atoms with Crippen molar-refractivity contribution in [3.05, 3.63) is 12.2 Å². The van der Waals surface area contributed by atoms with Crippen LogP contribution in [0, 0.1) is 11.8 Å². The largest absolute Gasteiger partial charge is 0.314 e. The highest BCUT2D eigenvalue weighted by Gasteiger charge is 2.32. The van der Waals surface area contributed by atoms with Gasteiger partial charge in [0.15, 0.2) is 0 Å². The first-order valence-electron chi connectivity index (χ1n) is 4.26. The van der Waals surface area contributed by atoms with Crippen molar-refractivity contribution in [3.63, 3.8) is 0 Å². The molecule has 0 saturated carbocycles. The summed E-state index contributed by atoms with van der Waals surface area (Å²) in [4.78, 5) is 0. The zero-order valence-electron chi connectivity index (χ0n) is 6.51. The summed E-state index contributed by atoms with van der Waals surface area (Å²) in [7, 11) is 0. The molecule has 1 N–H and O–H groups in total. The molecule has 0 aromatic carbocycles. The molecule has 0 amide bonds. The molecule has 2 aliphatic rings. The molecule has 0 radical (unpaired) electrons. The average molecular weight is 137 g/mol. The Morgan fingerprint density at radius 2 is 2.10 bits per heavy atom. The number of rotatable bonds is 0. The summed E-state index contributed by atoms with van der Waals surface area (Å²) < 4.78 is 0. The molecule has 2 rings (SSSR count). The Balaban J connectivity index is 2.10. The van der Waals surface area contributed by atoms with Gasteiger partial charge >= 0.3 is 0 Å². The maximum absolute atomic E-state index is 3.52. The summed E-state index contributed by atoms with van der Waals surface area (Å²) >= 11 is 0. The fraction of sp³-hybridized carbons (Fsp3) is 0.778. The van der Waals surface area contributed by atoms with Crippen LogP contribution in [0.3, 0.4) is 0 Å². The number of hydrogen-bond acceptors (Lipinski definition) is 1. The minimum atomic E-state index is 0.759. The molecule has 1 fully saturated rings. The zero-order valence-corrected chi connectivity index (χ0v) is 6.51. The van der Waals surface area contributed by atoms with E-state index in [0.29, 0.717) is 0 Å². The van der Waals surface area contributed by atoms with Gasteiger partial charge < -0.3 is 5.32 Å². The summed E-state index contributed by atoms with van der Waals surface area (Å²) in [5, 5.41) is 3.52. The Kier molecular flexibility index (Phi) is 1.53. The number of allylic oxidation sites excluding steroid dienone is 2. The van der Waals surface area contributed by atoms with E-state index in [1.54, 1.807) is 0 Å². The van der Waals surface area contributed by atoms with Crippen LogP contribution in [0.1, 0.15) is 19.8 Å². The highest BCUT2D eigenvalue weighted by molar-refractivity contribution is 5.01. The predicted octanol–water partition coefficient (Wildman–Crippen LogP) is 1.56. The number of hydrogen-bond donors (Lipinski definition) is 1. The second kappa shape index (κ2) is 2.39. The second-order valence-electron chi connectivity index (χ2n) is 3.56. The molecule has 1 aliphatic carbocycles. The highest BCUT2D eigenvalue weighted by Crippen LogP contribution is 2.31. The van der Waals surface area contributed by atoms with Crippen molar-refractivity contribution >= 4 is 0 Å².